The molecule has 0 saturated carbocycles. The highest BCUT2D eigenvalue weighted by Crippen LogP contribution is 2.32. The number of hydrazine groups is 1. The summed E-state index contributed by atoms with van der Waals surface area (Å²) in [7, 11) is 1.35. The van der Waals surface area contributed by atoms with Crippen LogP contribution in [-0.4, -0.2) is 43.6 Å². The summed E-state index contributed by atoms with van der Waals surface area (Å²) in [6.07, 6.45) is 5.24. The molecule has 9 heteroatoms. The minimum Gasteiger partial charge on any atom is -0.468 e. The van der Waals surface area contributed by atoms with E-state index >= 15 is 4.39 Å². The fraction of sp³-hybridized carbons (Fsp3) is 0.172. The molecule has 190 valence electrons. The number of hydrogen-bond donors (Lipinski definition) is 1. The molecule has 1 atom stereocenters. The van der Waals surface area contributed by atoms with Gasteiger partial charge in [-0.25, -0.2) is 24.4 Å². The maximum Gasteiger partial charge on any atom is 0.325 e. The number of aromatic nitrogens is 4. The van der Waals surface area contributed by atoms with Gasteiger partial charge in [-0.05, 0) is 41.8 Å². The zero-order valence-corrected chi connectivity index (χ0v) is 20.9. The fourth-order valence-electron chi connectivity index (χ4n) is 4.95. The standard InChI is InChI=1S/C29H25FN6O2/c1-18-8-3-6-12-24(18)35-17-22(21-11-7-13-31-28(21)35)26-32-15-23(30)27(33-26)34-36-16-20-10-5-4-9-19(20)14-25(36)29(37)38-2/h3-13,15,17,25H,14,16H2,1-2H3,(H,32,33,34)/t25-/m0/s1. The summed E-state index contributed by atoms with van der Waals surface area (Å²) in [5, 5.41) is 2.51. The molecule has 1 aliphatic rings. The summed E-state index contributed by atoms with van der Waals surface area (Å²) in [6.45, 7) is 2.42. The molecule has 0 radical (unpaired) electrons. The van der Waals surface area contributed by atoms with Crippen LogP contribution in [0.5, 0.6) is 0 Å². The van der Waals surface area contributed by atoms with Crippen molar-refractivity contribution in [3.05, 3.63) is 102 Å². The summed E-state index contributed by atoms with van der Waals surface area (Å²) in [6, 6.07) is 19.0. The number of methoxy groups -OCH3 is 1. The van der Waals surface area contributed by atoms with E-state index in [2.05, 4.69) is 20.4 Å². The van der Waals surface area contributed by atoms with Crippen LogP contribution in [0.15, 0.2) is 79.3 Å². The summed E-state index contributed by atoms with van der Waals surface area (Å²) in [5.41, 5.74) is 8.68. The van der Waals surface area contributed by atoms with Crippen molar-refractivity contribution in [2.45, 2.75) is 25.9 Å². The number of hydrogen-bond acceptors (Lipinski definition) is 7. The van der Waals surface area contributed by atoms with Crippen molar-refractivity contribution in [1.82, 2.24) is 24.5 Å². The Balaban J connectivity index is 1.40. The van der Waals surface area contributed by atoms with Gasteiger partial charge < -0.3 is 9.30 Å². The zero-order chi connectivity index (χ0) is 26.2. The maximum atomic E-state index is 15.0. The Bertz CT molecular complexity index is 1670. The Morgan fingerprint density at radius 1 is 1.05 bits per heavy atom. The van der Waals surface area contributed by atoms with Crippen molar-refractivity contribution in [3.63, 3.8) is 0 Å². The molecule has 0 saturated heterocycles. The first-order valence-corrected chi connectivity index (χ1v) is 12.3. The molecule has 6 rings (SSSR count). The molecule has 4 heterocycles. The molecule has 1 aliphatic heterocycles. The summed E-state index contributed by atoms with van der Waals surface area (Å²) < 4.78 is 22.1. The Hall–Kier alpha value is -4.63. The van der Waals surface area contributed by atoms with Crippen LogP contribution in [0, 0.1) is 12.7 Å². The van der Waals surface area contributed by atoms with E-state index in [9.17, 15) is 4.79 Å². The van der Waals surface area contributed by atoms with E-state index in [1.54, 1.807) is 11.2 Å². The third-order valence-electron chi connectivity index (χ3n) is 6.89. The predicted octanol–water partition coefficient (Wildman–Crippen LogP) is 4.86. The number of fused-ring (bicyclic) bond motifs is 2. The van der Waals surface area contributed by atoms with E-state index in [0.29, 0.717) is 24.4 Å². The molecule has 38 heavy (non-hydrogen) atoms. The number of pyridine rings is 1. The van der Waals surface area contributed by atoms with Crippen LogP contribution in [-0.2, 0) is 22.5 Å². The van der Waals surface area contributed by atoms with E-state index in [-0.39, 0.29) is 5.82 Å². The van der Waals surface area contributed by atoms with Gasteiger partial charge >= 0.3 is 5.97 Å². The third-order valence-corrected chi connectivity index (χ3v) is 6.89. The van der Waals surface area contributed by atoms with E-state index in [1.807, 2.05) is 78.4 Å². The van der Waals surface area contributed by atoms with Gasteiger partial charge in [0, 0.05) is 42.0 Å². The maximum absolute atomic E-state index is 15.0. The molecule has 0 unspecified atom stereocenters. The van der Waals surface area contributed by atoms with E-state index in [0.717, 1.165) is 39.6 Å². The number of para-hydroxylation sites is 1. The number of carbonyl (C=O) groups is 1. The molecule has 8 nitrogen and oxygen atoms in total. The van der Waals surface area contributed by atoms with Crippen molar-refractivity contribution >= 4 is 22.8 Å². The second-order valence-electron chi connectivity index (χ2n) is 9.22. The van der Waals surface area contributed by atoms with Gasteiger partial charge in [0.15, 0.2) is 17.5 Å². The quantitative estimate of drug-likeness (QED) is 0.340. The number of carbonyl (C=O) groups excluding carboxylic acids is 1. The number of nitrogens with zero attached hydrogens (tertiary/aromatic N) is 5. The molecule has 1 N–H and O–H groups in total. The highest BCUT2D eigenvalue weighted by Gasteiger charge is 2.33. The Morgan fingerprint density at radius 2 is 1.84 bits per heavy atom. The van der Waals surface area contributed by atoms with Crippen molar-refractivity contribution < 1.29 is 13.9 Å². The lowest BCUT2D eigenvalue weighted by atomic mass is 9.95. The average molecular weight is 509 g/mol. The van der Waals surface area contributed by atoms with Crippen molar-refractivity contribution in [2.75, 3.05) is 12.5 Å². The van der Waals surface area contributed by atoms with Gasteiger partial charge in [0.2, 0.25) is 0 Å². The fourth-order valence-corrected chi connectivity index (χ4v) is 4.95. The number of anilines is 1. The molecular weight excluding hydrogens is 483 g/mol. The van der Waals surface area contributed by atoms with Crippen LogP contribution in [0.25, 0.3) is 28.1 Å². The summed E-state index contributed by atoms with van der Waals surface area (Å²) in [4.78, 5) is 26.1. The SMILES string of the molecule is COC(=O)[C@@H]1Cc2ccccc2CN1Nc1nc(-c2cn(-c3ccccc3C)c3ncccc23)ncc1F. The van der Waals surface area contributed by atoms with Gasteiger partial charge in [-0.3, -0.25) is 10.2 Å². The van der Waals surface area contributed by atoms with Gasteiger partial charge in [0.05, 0.1) is 13.3 Å². The van der Waals surface area contributed by atoms with Crippen molar-refractivity contribution in [2.24, 2.45) is 0 Å². The first-order chi connectivity index (χ1) is 18.5. The lowest BCUT2D eigenvalue weighted by Gasteiger charge is -2.35. The molecule has 5 aromatic rings. The van der Waals surface area contributed by atoms with E-state index < -0.39 is 17.8 Å². The molecule has 0 bridgehead atoms. The number of ether oxygens (including phenoxy) is 1. The van der Waals surface area contributed by atoms with E-state index in [1.165, 1.54) is 7.11 Å². The zero-order valence-electron chi connectivity index (χ0n) is 20.9. The number of nitrogens with one attached hydrogen (secondary N) is 1. The highest BCUT2D eigenvalue weighted by atomic mass is 19.1. The molecule has 0 fully saturated rings. The second kappa shape index (κ2) is 9.68. The van der Waals surface area contributed by atoms with E-state index in [4.69, 9.17) is 4.74 Å². The molecule has 2 aromatic carbocycles. The topological polar surface area (TPSA) is 85.2 Å². The largest absolute Gasteiger partial charge is 0.468 e. The third kappa shape index (κ3) is 4.16. The molecule has 0 amide bonds. The van der Waals surface area contributed by atoms with Gasteiger partial charge in [0.1, 0.15) is 11.7 Å². The number of benzene rings is 2. The van der Waals surface area contributed by atoms with Gasteiger partial charge in [0.25, 0.3) is 0 Å². The number of esters is 1. The summed E-state index contributed by atoms with van der Waals surface area (Å²) >= 11 is 0. The first-order valence-electron chi connectivity index (χ1n) is 12.3. The van der Waals surface area contributed by atoms with Crippen LogP contribution < -0.4 is 5.43 Å². The van der Waals surface area contributed by atoms with Gasteiger partial charge in [-0.2, -0.15) is 0 Å². The number of rotatable bonds is 5. The Kier molecular flexibility index (Phi) is 6.05. The monoisotopic (exact) mass is 508 g/mol. The lowest BCUT2D eigenvalue weighted by Crippen LogP contribution is -2.49. The minimum absolute atomic E-state index is 0.0241. The normalized spacial score (nSPS) is 15.3. The summed E-state index contributed by atoms with van der Waals surface area (Å²) in [5.74, 6) is -0.721. The van der Waals surface area contributed by atoms with Crippen LogP contribution in [0.1, 0.15) is 16.7 Å². The smallest absolute Gasteiger partial charge is 0.325 e. The van der Waals surface area contributed by atoms with Crippen LogP contribution in [0.3, 0.4) is 0 Å². The average Bonchev–Trinajstić information content (AvgIpc) is 3.33. The molecule has 0 spiro atoms. The van der Waals surface area contributed by atoms with Crippen LogP contribution >= 0.6 is 0 Å². The van der Waals surface area contributed by atoms with Crippen molar-refractivity contribution in [1.29, 1.82) is 0 Å². The predicted molar refractivity (Wildman–Crippen MR) is 142 cm³/mol. The second-order valence-corrected chi connectivity index (χ2v) is 9.22. The van der Waals surface area contributed by atoms with Gasteiger partial charge in [-0.15, -0.1) is 0 Å². The first kappa shape index (κ1) is 23.7. The minimum atomic E-state index is -0.639. The molecule has 0 aliphatic carbocycles. The number of aryl methyl sites for hydroxylation is 1. The molecule has 3 aromatic heterocycles. The Labute approximate surface area is 218 Å². The van der Waals surface area contributed by atoms with Crippen LogP contribution in [0.4, 0.5) is 10.2 Å². The highest BCUT2D eigenvalue weighted by molar-refractivity contribution is 5.93. The van der Waals surface area contributed by atoms with Crippen LogP contribution in [0.2, 0.25) is 0 Å². The lowest BCUT2D eigenvalue weighted by molar-refractivity contribution is -0.147. The Morgan fingerprint density at radius 3 is 2.66 bits per heavy atom. The van der Waals surface area contributed by atoms with Crippen molar-refractivity contribution in [3.8, 4) is 17.1 Å². The number of halogens is 1. The van der Waals surface area contributed by atoms with Gasteiger partial charge in [-0.1, -0.05) is 42.5 Å². The molecular formula is C29H25FN6O2.